The zero-order valence-corrected chi connectivity index (χ0v) is 10.1. The number of nitrogens with zero attached hydrogens (tertiary/aromatic N) is 4. The molecule has 2 heterocycles. The number of hydrogen-bond acceptors (Lipinski definition) is 4. The van der Waals surface area contributed by atoms with E-state index in [0.717, 1.165) is 16.6 Å². The first-order valence-electron chi connectivity index (χ1n) is 5.68. The van der Waals surface area contributed by atoms with Crippen molar-refractivity contribution in [2.45, 2.75) is 6.92 Å². The van der Waals surface area contributed by atoms with Crippen molar-refractivity contribution in [3.8, 4) is 5.69 Å². The fourth-order valence-corrected chi connectivity index (χ4v) is 1.97. The Kier molecular flexibility index (Phi) is 2.49. The average Bonchev–Trinajstić information content (AvgIpc) is 2.80. The summed E-state index contributed by atoms with van der Waals surface area (Å²) < 4.78 is 1.50. The maximum absolute atomic E-state index is 10.9. The molecule has 6 nitrogen and oxygen atoms in total. The van der Waals surface area contributed by atoms with Gasteiger partial charge >= 0.3 is 5.97 Å². The van der Waals surface area contributed by atoms with Crippen molar-refractivity contribution in [3.05, 3.63) is 48.2 Å². The lowest BCUT2D eigenvalue weighted by Crippen LogP contribution is -2.03. The molecule has 2 aromatic heterocycles. The number of carboxylic acids is 1. The van der Waals surface area contributed by atoms with E-state index < -0.39 is 5.97 Å². The number of rotatable bonds is 2. The van der Waals surface area contributed by atoms with Crippen LogP contribution in [-0.4, -0.2) is 30.8 Å². The van der Waals surface area contributed by atoms with Gasteiger partial charge in [0.15, 0.2) is 0 Å². The van der Waals surface area contributed by atoms with Crippen molar-refractivity contribution < 1.29 is 9.90 Å². The van der Waals surface area contributed by atoms with E-state index in [4.69, 9.17) is 5.11 Å². The second kappa shape index (κ2) is 4.16. The van der Waals surface area contributed by atoms with Crippen LogP contribution in [0.15, 0.2) is 36.5 Å². The Morgan fingerprint density at radius 2 is 2.05 bits per heavy atom. The van der Waals surface area contributed by atoms with Gasteiger partial charge in [-0.15, -0.1) is 5.10 Å². The standard InChI is InChI=1S/C13H10N4O2/c1-8-15-12(13(18)19)16-17(8)10-6-2-4-9-5-3-7-14-11(9)10/h2-7H,1H3,(H,18,19). The quantitative estimate of drug-likeness (QED) is 0.754. The first kappa shape index (κ1) is 11.3. The number of benzene rings is 1. The molecule has 0 fully saturated rings. The van der Waals surface area contributed by atoms with Gasteiger partial charge in [-0.25, -0.2) is 14.5 Å². The van der Waals surface area contributed by atoms with Crippen molar-refractivity contribution in [3.63, 3.8) is 0 Å². The summed E-state index contributed by atoms with van der Waals surface area (Å²) in [6.07, 6.45) is 1.69. The minimum atomic E-state index is -1.14. The van der Waals surface area contributed by atoms with E-state index in [1.165, 1.54) is 4.68 Å². The normalized spacial score (nSPS) is 10.8. The molecule has 1 N–H and O–H groups in total. The lowest BCUT2D eigenvalue weighted by molar-refractivity contribution is 0.0683. The van der Waals surface area contributed by atoms with Gasteiger partial charge in [-0.05, 0) is 19.1 Å². The lowest BCUT2D eigenvalue weighted by Gasteiger charge is -2.06. The van der Waals surface area contributed by atoms with Crippen molar-refractivity contribution in [2.24, 2.45) is 0 Å². The number of para-hydroxylation sites is 1. The molecule has 0 saturated heterocycles. The number of carbonyl (C=O) groups is 1. The van der Waals surface area contributed by atoms with Crippen LogP contribution in [0.2, 0.25) is 0 Å². The Bertz CT molecular complexity index is 774. The zero-order valence-electron chi connectivity index (χ0n) is 10.1. The number of fused-ring (bicyclic) bond motifs is 1. The molecule has 3 rings (SSSR count). The van der Waals surface area contributed by atoms with Crippen LogP contribution in [0.5, 0.6) is 0 Å². The van der Waals surface area contributed by atoms with Crippen LogP contribution < -0.4 is 0 Å². The fraction of sp³-hybridized carbons (Fsp3) is 0.0769. The van der Waals surface area contributed by atoms with Crippen molar-refractivity contribution in [1.29, 1.82) is 0 Å². The highest BCUT2D eigenvalue weighted by Gasteiger charge is 2.15. The average molecular weight is 254 g/mol. The molecule has 6 heteroatoms. The summed E-state index contributed by atoms with van der Waals surface area (Å²) in [5.74, 6) is -0.851. The van der Waals surface area contributed by atoms with Gasteiger partial charge in [-0.2, -0.15) is 0 Å². The topological polar surface area (TPSA) is 80.9 Å². The van der Waals surface area contributed by atoms with Gasteiger partial charge in [0.25, 0.3) is 5.82 Å². The van der Waals surface area contributed by atoms with Crippen molar-refractivity contribution in [1.82, 2.24) is 19.7 Å². The molecule has 0 atom stereocenters. The maximum atomic E-state index is 10.9. The largest absolute Gasteiger partial charge is 0.475 e. The second-order valence-corrected chi connectivity index (χ2v) is 4.05. The van der Waals surface area contributed by atoms with Crippen LogP contribution in [-0.2, 0) is 0 Å². The highest BCUT2D eigenvalue weighted by Crippen LogP contribution is 2.20. The second-order valence-electron chi connectivity index (χ2n) is 4.05. The van der Waals surface area contributed by atoms with E-state index >= 15 is 0 Å². The van der Waals surface area contributed by atoms with Gasteiger partial charge in [-0.1, -0.05) is 18.2 Å². The third-order valence-corrected chi connectivity index (χ3v) is 2.80. The summed E-state index contributed by atoms with van der Waals surface area (Å²) >= 11 is 0. The molecule has 0 spiro atoms. The van der Waals surface area contributed by atoms with E-state index in [2.05, 4.69) is 15.1 Å². The van der Waals surface area contributed by atoms with Crippen LogP contribution in [0.3, 0.4) is 0 Å². The summed E-state index contributed by atoms with van der Waals surface area (Å²) in [5, 5.41) is 13.9. The highest BCUT2D eigenvalue weighted by molar-refractivity contribution is 5.86. The summed E-state index contributed by atoms with van der Waals surface area (Å²) in [4.78, 5) is 19.1. The molecule has 3 aromatic rings. The van der Waals surface area contributed by atoms with Crippen LogP contribution in [0.25, 0.3) is 16.6 Å². The minimum Gasteiger partial charge on any atom is -0.475 e. The summed E-state index contributed by atoms with van der Waals surface area (Å²) in [6, 6.07) is 9.44. The molecule has 0 saturated carbocycles. The molecule has 0 aliphatic carbocycles. The van der Waals surface area contributed by atoms with Crippen LogP contribution in [0.4, 0.5) is 0 Å². The zero-order chi connectivity index (χ0) is 13.4. The third-order valence-electron chi connectivity index (χ3n) is 2.80. The Morgan fingerprint density at radius 3 is 2.79 bits per heavy atom. The molecule has 0 bridgehead atoms. The molecule has 1 aromatic carbocycles. The smallest absolute Gasteiger partial charge is 0.375 e. The van der Waals surface area contributed by atoms with Crippen molar-refractivity contribution in [2.75, 3.05) is 0 Å². The summed E-state index contributed by atoms with van der Waals surface area (Å²) in [5.41, 5.74) is 1.48. The van der Waals surface area contributed by atoms with E-state index in [0.29, 0.717) is 5.82 Å². The van der Waals surface area contributed by atoms with Gasteiger partial charge in [0.1, 0.15) is 5.82 Å². The van der Waals surface area contributed by atoms with Gasteiger partial charge in [0, 0.05) is 11.6 Å². The molecule has 0 aliphatic rings. The van der Waals surface area contributed by atoms with Gasteiger partial charge in [0.05, 0.1) is 11.2 Å². The Labute approximate surface area is 108 Å². The number of aromatic carboxylic acids is 1. The van der Waals surface area contributed by atoms with Crippen molar-refractivity contribution >= 4 is 16.9 Å². The molecular weight excluding hydrogens is 244 g/mol. The predicted octanol–water partition coefficient (Wildman–Crippen LogP) is 1.82. The highest BCUT2D eigenvalue weighted by atomic mass is 16.4. The molecular formula is C13H10N4O2. The lowest BCUT2D eigenvalue weighted by atomic mass is 10.2. The van der Waals surface area contributed by atoms with Crippen LogP contribution >= 0.6 is 0 Å². The predicted molar refractivity (Wildman–Crippen MR) is 68.4 cm³/mol. The molecule has 0 radical (unpaired) electrons. The Hall–Kier alpha value is -2.76. The van der Waals surface area contributed by atoms with E-state index in [9.17, 15) is 4.79 Å². The van der Waals surface area contributed by atoms with E-state index in [1.807, 2.05) is 30.3 Å². The number of pyridine rings is 1. The molecule has 94 valence electrons. The fourth-order valence-electron chi connectivity index (χ4n) is 1.97. The number of aryl methyl sites for hydroxylation is 1. The van der Waals surface area contributed by atoms with Gasteiger partial charge in [-0.3, -0.25) is 4.98 Å². The number of aromatic nitrogens is 4. The third kappa shape index (κ3) is 1.83. The van der Waals surface area contributed by atoms with Gasteiger partial charge in [0.2, 0.25) is 0 Å². The van der Waals surface area contributed by atoms with Crippen LogP contribution in [0.1, 0.15) is 16.4 Å². The Morgan fingerprint density at radius 1 is 1.26 bits per heavy atom. The van der Waals surface area contributed by atoms with Crippen LogP contribution in [0, 0.1) is 6.92 Å². The number of carboxylic acid groups (broad SMARTS) is 1. The summed E-state index contributed by atoms with van der Waals surface area (Å²) in [6.45, 7) is 1.71. The molecule has 0 aliphatic heterocycles. The Balaban J connectivity index is 2.27. The first-order valence-corrected chi connectivity index (χ1v) is 5.68. The maximum Gasteiger partial charge on any atom is 0.375 e. The molecule has 19 heavy (non-hydrogen) atoms. The monoisotopic (exact) mass is 254 g/mol. The first-order chi connectivity index (χ1) is 9.16. The number of hydrogen-bond donors (Lipinski definition) is 1. The minimum absolute atomic E-state index is 0.217. The van der Waals surface area contributed by atoms with Gasteiger partial charge < -0.3 is 5.11 Å². The van der Waals surface area contributed by atoms with E-state index in [-0.39, 0.29) is 5.82 Å². The molecule has 0 unspecified atom stereocenters. The van der Waals surface area contributed by atoms with E-state index in [1.54, 1.807) is 13.1 Å². The SMILES string of the molecule is Cc1nc(C(=O)O)nn1-c1cccc2cccnc12. The molecule has 0 amide bonds. The summed E-state index contributed by atoms with van der Waals surface area (Å²) in [7, 11) is 0.